The molecule has 0 fully saturated rings. The quantitative estimate of drug-likeness (QED) is 0.827. The van der Waals surface area contributed by atoms with Gasteiger partial charge in [0.15, 0.2) is 5.78 Å². The van der Waals surface area contributed by atoms with Crippen LogP contribution in [0, 0.1) is 13.8 Å². The van der Waals surface area contributed by atoms with Crippen LogP contribution in [0.4, 0.5) is 5.69 Å². The van der Waals surface area contributed by atoms with E-state index in [2.05, 4.69) is 5.32 Å². The van der Waals surface area contributed by atoms with Gasteiger partial charge in [-0.25, -0.2) is 0 Å². The average Bonchev–Trinajstić information content (AvgIpc) is 2.49. The minimum absolute atomic E-state index is 0.0227. The lowest BCUT2D eigenvalue weighted by Gasteiger charge is -2.31. The second-order valence-electron chi connectivity index (χ2n) is 7.07. The van der Waals surface area contributed by atoms with E-state index < -0.39 is 5.60 Å². The highest BCUT2D eigenvalue weighted by Crippen LogP contribution is 2.34. The number of fused-ring (bicyclic) bond motifs is 1. The van der Waals surface area contributed by atoms with Crippen LogP contribution < -0.4 is 10.1 Å². The number of aryl methyl sites for hydroxylation is 2. The van der Waals surface area contributed by atoms with Crippen LogP contribution in [0.15, 0.2) is 30.3 Å². The maximum atomic E-state index is 12.6. The van der Waals surface area contributed by atoms with Crippen molar-refractivity contribution in [3.63, 3.8) is 0 Å². The van der Waals surface area contributed by atoms with Gasteiger partial charge in [0.25, 0.3) is 5.91 Å². The highest BCUT2D eigenvalue weighted by molar-refractivity contribution is 6.34. The third-order valence-corrected chi connectivity index (χ3v) is 4.48. The van der Waals surface area contributed by atoms with E-state index in [1.807, 2.05) is 33.8 Å². The van der Waals surface area contributed by atoms with E-state index in [0.717, 1.165) is 11.1 Å². The van der Waals surface area contributed by atoms with Crippen LogP contribution in [0.1, 0.15) is 52.1 Å². The highest BCUT2D eigenvalue weighted by Gasteiger charge is 2.32. The fourth-order valence-corrected chi connectivity index (χ4v) is 3.42. The number of benzene rings is 2. The summed E-state index contributed by atoms with van der Waals surface area (Å²) < 4.78 is 5.82. The first kappa shape index (κ1) is 17.5. The molecule has 0 aliphatic carbocycles. The van der Waals surface area contributed by atoms with E-state index in [0.29, 0.717) is 27.6 Å². The number of carbonyl (C=O) groups is 2. The Balaban J connectivity index is 1.90. The molecule has 0 aromatic heterocycles. The minimum atomic E-state index is -0.527. The molecular formula is C20H20ClNO3. The Bertz CT molecular complexity index is 864. The average molecular weight is 358 g/mol. The molecule has 3 rings (SSSR count). The number of halogens is 1. The zero-order chi connectivity index (χ0) is 18.4. The second kappa shape index (κ2) is 6.19. The fourth-order valence-electron chi connectivity index (χ4n) is 3.05. The van der Waals surface area contributed by atoms with Gasteiger partial charge < -0.3 is 10.1 Å². The zero-order valence-corrected chi connectivity index (χ0v) is 15.5. The molecule has 130 valence electrons. The Morgan fingerprint density at radius 1 is 1.20 bits per heavy atom. The molecule has 2 aromatic carbocycles. The van der Waals surface area contributed by atoms with E-state index in [-0.39, 0.29) is 18.1 Å². The lowest BCUT2D eigenvalue weighted by Crippen LogP contribution is -2.36. The topological polar surface area (TPSA) is 55.4 Å². The number of nitrogens with one attached hydrogen (secondary N) is 1. The molecule has 0 saturated carbocycles. The van der Waals surface area contributed by atoms with Gasteiger partial charge in [0.1, 0.15) is 11.4 Å². The Labute approximate surface area is 152 Å². The van der Waals surface area contributed by atoms with Gasteiger partial charge in [-0.2, -0.15) is 0 Å². The Morgan fingerprint density at radius 2 is 1.92 bits per heavy atom. The molecule has 0 bridgehead atoms. The number of carbonyl (C=O) groups excluding carboxylic acids is 2. The van der Waals surface area contributed by atoms with Gasteiger partial charge in [-0.1, -0.05) is 17.7 Å². The molecule has 1 heterocycles. The van der Waals surface area contributed by atoms with Crippen LogP contribution in [0.5, 0.6) is 5.75 Å². The maximum absolute atomic E-state index is 12.6. The van der Waals surface area contributed by atoms with Crippen molar-refractivity contribution in [2.45, 2.75) is 39.7 Å². The first-order valence-corrected chi connectivity index (χ1v) is 8.48. The van der Waals surface area contributed by atoms with Gasteiger partial charge in [0.05, 0.1) is 22.7 Å². The fraction of sp³-hybridized carbons (Fsp3) is 0.300. The lowest BCUT2D eigenvalue weighted by atomic mass is 9.92. The largest absolute Gasteiger partial charge is 0.487 e. The first-order valence-electron chi connectivity index (χ1n) is 8.11. The van der Waals surface area contributed by atoms with E-state index >= 15 is 0 Å². The molecule has 0 spiro atoms. The molecule has 0 unspecified atom stereocenters. The SMILES string of the molecule is Cc1cc(C)c(NC(=O)c2ccc3c(c2)C(=O)CC(C)(C)O3)c(Cl)c1. The molecule has 1 N–H and O–H groups in total. The smallest absolute Gasteiger partial charge is 0.255 e. The van der Waals surface area contributed by atoms with Gasteiger partial charge in [0.2, 0.25) is 0 Å². The summed E-state index contributed by atoms with van der Waals surface area (Å²) in [5.41, 5.74) is 2.81. The molecule has 1 amide bonds. The summed E-state index contributed by atoms with van der Waals surface area (Å²) in [4.78, 5) is 24.9. The highest BCUT2D eigenvalue weighted by atomic mass is 35.5. The molecule has 4 nitrogen and oxygen atoms in total. The number of ketones is 1. The summed E-state index contributed by atoms with van der Waals surface area (Å²) in [6, 6.07) is 8.66. The van der Waals surface area contributed by atoms with Crippen molar-refractivity contribution in [1.29, 1.82) is 0 Å². The van der Waals surface area contributed by atoms with Gasteiger partial charge >= 0.3 is 0 Å². The van der Waals surface area contributed by atoms with Crippen molar-refractivity contribution >= 4 is 29.0 Å². The predicted octanol–water partition coefficient (Wildman–Crippen LogP) is 4.95. The number of hydrogen-bond acceptors (Lipinski definition) is 3. The number of hydrogen-bond donors (Lipinski definition) is 1. The van der Waals surface area contributed by atoms with Crippen molar-refractivity contribution in [3.8, 4) is 5.75 Å². The molecule has 25 heavy (non-hydrogen) atoms. The van der Waals surface area contributed by atoms with E-state index in [9.17, 15) is 9.59 Å². The van der Waals surface area contributed by atoms with Gasteiger partial charge in [-0.15, -0.1) is 0 Å². The molecule has 1 aliphatic rings. The van der Waals surface area contributed by atoms with Crippen LogP contribution in [0.25, 0.3) is 0 Å². The summed E-state index contributed by atoms with van der Waals surface area (Å²) in [5, 5.41) is 3.33. The summed E-state index contributed by atoms with van der Waals surface area (Å²) in [6.07, 6.45) is 0.286. The normalized spacial score (nSPS) is 15.3. The summed E-state index contributed by atoms with van der Waals surface area (Å²) in [5.74, 6) is 0.182. The number of Topliss-reactive ketones (excluding diaryl/α,β-unsaturated/α-hetero) is 1. The Kier molecular flexibility index (Phi) is 4.33. The number of anilines is 1. The second-order valence-corrected chi connectivity index (χ2v) is 7.47. The molecule has 0 radical (unpaired) electrons. The van der Waals surface area contributed by atoms with E-state index in [1.54, 1.807) is 24.3 Å². The summed E-state index contributed by atoms with van der Waals surface area (Å²) in [7, 11) is 0. The van der Waals surface area contributed by atoms with Crippen molar-refractivity contribution in [3.05, 3.63) is 57.6 Å². The molecule has 2 aromatic rings. The number of amides is 1. The molecule has 5 heteroatoms. The molecule has 0 saturated heterocycles. The van der Waals surface area contributed by atoms with Crippen molar-refractivity contribution < 1.29 is 14.3 Å². The van der Waals surface area contributed by atoms with Crippen LogP contribution in [0.3, 0.4) is 0 Å². The van der Waals surface area contributed by atoms with Crippen LogP contribution in [-0.4, -0.2) is 17.3 Å². The maximum Gasteiger partial charge on any atom is 0.255 e. The predicted molar refractivity (Wildman–Crippen MR) is 99.0 cm³/mol. The van der Waals surface area contributed by atoms with Crippen LogP contribution >= 0.6 is 11.6 Å². The van der Waals surface area contributed by atoms with Crippen molar-refractivity contribution in [2.24, 2.45) is 0 Å². The molecule has 0 atom stereocenters. The molecule has 1 aliphatic heterocycles. The zero-order valence-electron chi connectivity index (χ0n) is 14.7. The monoisotopic (exact) mass is 357 g/mol. The van der Waals surface area contributed by atoms with E-state index in [1.165, 1.54) is 0 Å². The summed E-state index contributed by atoms with van der Waals surface area (Å²) in [6.45, 7) is 7.58. The number of rotatable bonds is 2. The van der Waals surface area contributed by atoms with Crippen LogP contribution in [0.2, 0.25) is 5.02 Å². The Hall–Kier alpha value is -2.33. The van der Waals surface area contributed by atoms with Gasteiger partial charge in [-0.3, -0.25) is 9.59 Å². The number of ether oxygens (including phenoxy) is 1. The van der Waals surface area contributed by atoms with Crippen LogP contribution in [-0.2, 0) is 0 Å². The van der Waals surface area contributed by atoms with Crippen molar-refractivity contribution in [2.75, 3.05) is 5.32 Å². The van der Waals surface area contributed by atoms with E-state index in [4.69, 9.17) is 16.3 Å². The van der Waals surface area contributed by atoms with Gasteiger partial charge in [0, 0.05) is 5.56 Å². The third kappa shape index (κ3) is 3.54. The lowest BCUT2D eigenvalue weighted by molar-refractivity contribution is 0.0620. The summed E-state index contributed by atoms with van der Waals surface area (Å²) >= 11 is 6.25. The Morgan fingerprint density at radius 3 is 2.60 bits per heavy atom. The third-order valence-electron chi connectivity index (χ3n) is 4.18. The standard InChI is InChI=1S/C20H20ClNO3/c1-11-7-12(2)18(15(21)8-11)22-19(24)13-5-6-17-14(9-13)16(23)10-20(3,4)25-17/h5-9H,10H2,1-4H3,(H,22,24). The first-order chi connectivity index (χ1) is 11.7. The molecular weight excluding hydrogens is 338 g/mol. The van der Waals surface area contributed by atoms with Gasteiger partial charge in [-0.05, 0) is 63.1 Å². The minimum Gasteiger partial charge on any atom is -0.487 e. The van der Waals surface area contributed by atoms with Crippen molar-refractivity contribution in [1.82, 2.24) is 0 Å².